The molecular formula is C20H21N5O3. The molecule has 2 heterocycles. The Hall–Kier alpha value is -3.42. The van der Waals surface area contributed by atoms with Gasteiger partial charge in [0.05, 0.1) is 14.2 Å². The molecule has 1 aliphatic rings. The third-order valence-corrected chi connectivity index (χ3v) is 5.01. The minimum absolute atomic E-state index is 0.0427. The number of amides is 1. The molecule has 4 rings (SSSR count). The Morgan fingerprint density at radius 1 is 1.07 bits per heavy atom. The van der Waals surface area contributed by atoms with E-state index in [9.17, 15) is 4.79 Å². The number of hydrogen-bond donors (Lipinski definition) is 0. The van der Waals surface area contributed by atoms with Gasteiger partial charge in [0.2, 0.25) is 0 Å². The molecule has 1 aromatic heterocycles. The Balaban J connectivity index is 1.64. The lowest BCUT2D eigenvalue weighted by molar-refractivity contribution is -0.134. The number of benzene rings is 2. The highest BCUT2D eigenvalue weighted by Crippen LogP contribution is 2.34. The summed E-state index contributed by atoms with van der Waals surface area (Å²) in [6.07, 6.45) is 2.22. The molecule has 0 fully saturated rings. The highest BCUT2D eigenvalue weighted by Gasteiger charge is 2.31. The maximum absolute atomic E-state index is 13.4. The molecule has 3 aromatic rings. The fraction of sp³-hybridized carbons (Fsp3) is 0.300. The van der Waals surface area contributed by atoms with Gasteiger partial charge in [-0.3, -0.25) is 4.79 Å². The van der Waals surface area contributed by atoms with E-state index in [1.54, 1.807) is 14.2 Å². The van der Waals surface area contributed by atoms with Gasteiger partial charge in [-0.1, -0.05) is 30.3 Å². The van der Waals surface area contributed by atoms with Gasteiger partial charge in [-0.25, -0.2) is 4.68 Å². The fourth-order valence-corrected chi connectivity index (χ4v) is 3.57. The van der Waals surface area contributed by atoms with Crippen LogP contribution >= 0.6 is 0 Å². The monoisotopic (exact) mass is 379 g/mol. The number of methoxy groups -OCH3 is 2. The summed E-state index contributed by atoms with van der Waals surface area (Å²) in [4.78, 5) is 15.3. The Morgan fingerprint density at radius 2 is 1.79 bits per heavy atom. The molecule has 1 amide bonds. The minimum Gasteiger partial charge on any atom is -0.493 e. The number of rotatable bonds is 5. The van der Waals surface area contributed by atoms with Crippen LogP contribution < -0.4 is 9.47 Å². The van der Waals surface area contributed by atoms with Gasteiger partial charge >= 0.3 is 0 Å². The van der Waals surface area contributed by atoms with Gasteiger partial charge in [-0.2, -0.15) is 0 Å². The Kier molecular flexibility index (Phi) is 4.92. The number of nitrogens with zero attached hydrogens (tertiary/aromatic N) is 5. The Morgan fingerprint density at radius 3 is 2.43 bits per heavy atom. The van der Waals surface area contributed by atoms with Crippen molar-refractivity contribution >= 4 is 5.91 Å². The molecule has 0 saturated carbocycles. The van der Waals surface area contributed by atoms with E-state index in [1.807, 2.05) is 47.4 Å². The van der Waals surface area contributed by atoms with Gasteiger partial charge in [-0.05, 0) is 45.7 Å². The smallest absolute Gasteiger partial charge is 0.252 e. The van der Waals surface area contributed by atoms with E-state index in [0.717, 1.165) is 17.5 Å². The Bertz CT molecular complexity index is 959. The average molecular weight is 379 g/mol. The lowest BCUT2D eigenvalue weighted by Crippen LogP contribution is -2.41. The molecule has 2 aromatic carbocycles. The first-order valence-electron chi connectivity index (χ1n) is 9.01. The van der Waals surface area contributed by atoms with Gasteiger partial charge in [0.15, 0.2) is 17.5 Å². The highest BCUT2D eigenvalue weighted by atomic mass is 16.5. The Labute approximate surface area is 162 Å². The van der Waals surface area contributed by atoms with Crippen LogP contribution in [-0.4, -0.2) is 51.8 Å². The standard InChI is InChI=1S/C20H21N5O3/c1-27-17-10-15-8-9-24(12-16(15)11-18(17)28-2)20(26)19(25-13-21-22-23-25)14-6-4-3-5-7-14/h3-7,10-11,13,19H,8-9,12H2,1-2H3/t19-/m1/s1. The van der Waals surface area contributed by atoms with Crippen LogP contribution in [-0.2, 0) is 17.8 Å². The summed E-state index contributed by atoms with van der Waals surface area (Å²) in [5.41, 5.74) is 3.07. The number of carbonyl (C=O) groups excluding carboxylic acids is 1. The van der Waals surface area contributed by atoms with E-state index in [-0.39, 0.29) is 5.91 Å². The topological polar surface area (TPSA) is 82.4 Å². The van der Waals surface area contributed by atoms with E-state index in [2.05, 4.69) is 15.5 Å². The molecule has 8 nitrogen and oxygen atoms in total. The van der Waals surface area contributed by atoms with Gasteiger partial charge in [0, 0.05) is 13.1 Å². The highest BCUT2D eigenvalue weighted by molar-refractivity contribution is 5.84. The van der Waals surface area contributed by atoms with Crippen LogP contribution in [0.2, 0.25) is 0 Å². The first-order chi connectivity index (χ1) is 13.7. The number of carbonyl (C=O) groups is 1. The lowest BCUT2D eigenvalue weighted by Gasteiger charge is -2.32. The third kappa shape index (κ3) is 3.28. The first kappa shape index (κ1) is 18.0. The van der Waals surface area contributed by atoms with E-state index < -0.39 is 6.04 Å². The summed E-state index contributed by atoms with van der Waals surface area (Å²) in [6.45, 7) is 1.12. The summed E-state index contributed by atoms with van der Waals surface area (Å²) in [5, 5.41) is 11.4. The second-order valence-corrected chi connectivity index (χ2v) is 6.59. The molecule has 1 atom stereocenters. The van der Waals surface area contributed by atoms with E-state index in [0.29, 0.717) is 24.6 Å². The molecule has 0 N–H and O–H groups in total. The van der Waals surface area contributed by atoms with Crippen molar-refractivity contribution in [2.45, 2.75) is 19.0 Å². The van der Waals surface area contributed by atoms with E-state index >= 15 is 0 Å². The largest absolute Gasteiger partial charge is 0.493 e. The number of aromatic nitrogens is 4. The average Bonchev–Trinajstić information content (AvgIpc) is 3.27. The van der Waals surface area contributed by atoms with Crippen LogP contribution in [0, 0.1) is 0 Å². The lowest BCUT2D eigenvalue weighted by atomic mass is 9.97. The number of hydrogen-bond acceptors (Lipinski definition) is 6. The van der Waals surface area contributed by atoms with Crippen molar-refractivity contribution in [1.82, 2.24) is 25.1 Å². The maximum Gasteiger partial charge on any atom is 0.252 e. The summed E-state index contributed by atoms with van der Waals surface area (Å²) >= 11 is 0. The van der Waals surface area contributed by atoms with Crippen molar-refractivity contribution in [2.75, 3.05) is 20.8 Å². The number of tetrazole rings is 1. The molecular weight excluding hydrogens is 358 g/mol. The van der Waals surface area contributed by atoms with Crippen LogP contribution in [0.1, 0.15) is 22.7 Å². The van der Waals surface area contributed by atoms with Crippen molar-refractivity contribution in [3.63, 3.8) is 0 Å². The first-order valence-corrected chi connectivity index (χ1v) is 9.01. The summed E-state index contributed by atoms with van der Waals surface area (Å²) in [6, 6.07) is 12.9. The molecule has 28 heavy (non-hydrogen) atoms. The zero-order valence-electron chi connectivity index (χ0n) is 15.8. The molecule has 0 radical (unpaired) electrons. The predicted octanol–water partition coefficient (Wildman–Crippen LogP) is 1.86. The van der Waals surface area contributed by atoms with E-state index in [4.69, 9.17) is 9.47 Å². The van der Waals surface area contributed by atoms with E-state index in [1.165, 1.54) is 16.6 Å². The van der Waals surface area contributed by atoms with Crippen molar-refractivity contribution in [2.24, 2.45) is 0 Å². The molecule has 0 bridgehead atoms. The van der Waals surface area contributed by atoms with Crippen molar-refractivity contribution in [3.05, 3.63) is 65.5 Å². The zero-order chi connectivity index (χ0) is 19.5. The van der Waals surface area contributed by atoms with Crippen LogP contribution in [0.3, 0.4) is 0 Å². The van der Waals surface area contributed by atoms with Crippen LogP contribution in [0.15, 0.2) is 48.8 Å². The van der Waals surface area contributed by atoms with Crippen molar-refractivity contribution in [1.29, 1.82) is 0 Å². The van der Waals surface area contributed by atoms with Gasteiger partial charge < -0.3 is 14.4 Å². The molecule has 0 spiro atoms. The normalized spacial score (nSPS) is 14.3. The number of ether oxygens (including phenoxy) is 2. The van der Waals surface area contributed by atoms with Crippen molar-refractivity contribution in [3.8, 4) is 11.5 Å². The quantitative estimate of drug-likeness (QED) is 0.673. The summed E-state index contributed by atoms with van der Waals surface area (Å²) in [5.74, 6) is 1.33. The number of fused-ring (bicyclic) bond motifs is 1. The van der Waals surface area contributed by atoms with Gasteiger partial charge in [0.1, 0.15) is 6.33 Å². The third-order valence-electron chi connectivity index (χ3n) is 5.01. The predicted molar refractivity (Wildman–Crippen MR) is 101 cm³/mol. The molecule has 1 aliphatic heterocycles. The second-order valence-electron chi connectivity index (χ2n) is 6.59. The zero-order valence-corrected chi connectivity index (χ0v) is 15.8. The molecule has 8 heteroatoms. The fourth-order valence-electron chi connectivity index (χ4n) is 3.57. The van der Waals surface area contributed by atoms with Gasteiger partial charge in [0.25, 0.3) is 5.91 Å². The molecule has 0 unspecified atom stereocenters. The summed E-state index contributed by atoms with van der Waals surface area (Å²) in [7, 11) is 3.23. The molecule has 0 saturated heterocycles. The van der Waals surface area contributed by atoms with Gasteiger partial charge in [-0.15, -0.1) is 5.10 Å². The summed E-state index contributed by atoms with van der Waals surface area (Å²) < 4.78 is 12.3. The second kappa shape index (κ2) is 7.67. The van der Waals surface area contributed by atoms with Crippen LogP contribution in [0.25, 0.3) is 0 Å². The molecule has 144 valence electrons. The van der Waals surface area contributed by atoms with Crippen molar-refractivity contribution < 1.29 is 14.3 Å². The maximum atomic E-state index is 13.4. The SMILES string of the molecule is COc1cc2c(cc1OC)CN(C(=O)[C@@H](c1ccccc1)n1cnnn1)CC2. The minimum atomic E-state index is -0.599. The van der Waals surface area contributed by atoms with Crippen LogP contribution in [0.4, 0.5) is 0 Å². The molecule has 0 aliphatic carbocycles. The van der Waals surface area contributed by atoms with Crippen LogP contribution in [0.5, 0.6) is 11.5 Å².